The van der Waals surface area contributed by atoms with Gasteiger partial charge in [-0.25, -0.2) is 8.78 Å². The average molecular weight is 196 g/mol. The summed E-state index contributed by atoms with van der Waals surface area (Å²) in [5.74, 6) is -2.58. The van der Waals surface area contributed by atoms with Gasteiger partial charge in [-0.15, -0.1) is 0 Å². The van der Waals surface area contributed by atoms with Crippen LogP contribution in [0.1, 0.15) is 6.42 Å². The molecule has 0 aliphatic heterocycles. The number of nitrogens with zero attached hydrogens (tertiary/aromatic N) is 1. The SMILES string of the molecule is N#CCC(=O)Nc1ccc(F)c(F)c1. The van der Waals surface area contributed by atoms with Crippen LogP contribution in [0, 0.1) is 23.0 Å². The molecule has 1 N–H and O–H groups in total. The Hall–Kier alpha value is -1.96. The topological polar surface area (TPSA) is 52.9 Å². The molecule has 0 atom stereocenters. The molecular formula is C9H6F2N2O. The van der Waals surface area contributed by atoms with E-state index in [1.54, 1.807) is 6.07 Å². The van der Waals surface area contributed by atoms with Gasteiger partial charge in [0.05, 0.1) is 6.07 Å². The van der Waals surface area contributed by atoms with E-state index in [0.29, 0.717) is 0 Å². The number of carbonyl (C=O) groups excluding carboxylic acids is 1. The van der Waals surface area contributed by atoms with Crippen molar-refractivity contribution in [2.75, 3.05) is 5.32 Å². The summed E-state index contributed by atoms with van der Waals surface area (Å²) in [7, 11) is 0. The molecule has 0 aromatic heterocycles. The number of benzene rings is 1. The summed E-state index contributed by atoms with van der Waals surface area (Å²) in [6.07, 6.45) is -0.320. The van der Waals surface area contributed by atoms with Crippen LogP contribution in [0.15, 0.2) is 18.2 Å². The van der Waals surface area contributed by atoms with E-state index < -0.39 is 17.5 Å². The van der Waals surface area contributed by atoms with Crippen molar-refractivity contribution in [3.63, 3.8) is 0 Å². The molecule has 0 spiro atoms. The minimum absolute atomic E-state index is 0.129. The highest BCUT2D eigenvalue weighted by atomic mass is 19.2. The molecule has 0 saturated heterocycles. The summed E-state index contributed by atoms with van der Waals surface area (Å²) in [4.78, 5) is 10.9. The monoisotopic (exact) mass is 196 g/mol. The quantitative estimate of drug-likeness (QED) is 0.784. The number of amides is 1. The van der Waals surface area contributed by atoms with Crippen molar-refractivity contribution in [2.45, 2.75) is 6.42 Å². The summed E-state index contributed by atoms with van der Waals surface area (Å²) in [6, 6.07) is 4.60. The molecule has 0 heterocycles. The Morgan fingerprint density at radius 3 is 2.71 bits per heavy atom. The smallest absolute Gasteiger partial charge is 0.238 e. The fourth-order valence-corrected chi connectivity index (χ4v) is 0.851. The predicted octanol–water partition coefficient (Wildman–Crippen LogP) is 1.82. The summed E-state index contributed by atoms with van der Waals surface area (Å²) in [5, 5.41) is 10.4. The lowest BCUT2D eigenvalue weighted by molar-refractivity contribution is -0.115. The molecule has 72 valence electrons. The fraction of sp³-hybridized carbons (Fsp3) is 0.111. The number of nitrogens with one attached hydrogen (secondary N) is 1. The number of hydrogen-bond acceptors (Lipinski definition) is 2. The van der Waals surface area contributed by atoms with Gasteiger partial charge in [-0.05, 0) is 12.1 Å². The third-order valence-corrected chi connectivity index (χ3v) is 1.44. The first-order chi connectivity index (χ1) is 6.63. The predicted molar refractivity (Wildman–Crippen MR) is 45.2 cm³/mol. The zero-order valence-corrected chi connectivity index (χ0v) is 7.05. The number of carbonyl (C=O) groups is 1. The minimum atomic E-state index is -1.04. The summed E-state index contributed by atoms with van der Waals surface area (Å²) in [5.41, 5.74) is 0.129. The van der Waals surface area contributed by atoms with Crippen LogP contribution in [0.2, 0.25) is 0 Å². The highest BCUT2D eigenvalue weighted by Crippen LogP contribution is 2.12. The van der Waals surface area contributed by atoms with Crippen LogP contribution in [0.3, 0.4) is 0 Å². The van der Waals surface area contributed by atoms with Gasteiger partial charge in [0.2, 0.25) is 5.91 Å². The van der Waals surface area contributed by atoms with Gasteiger partial charge in [0.1, 0.15) is 6.42 Å². The van der Waals surface area contributed by atoms with Crippen LogP contribution in [0.25, 0.3) is 0 Å². The Morgan fingerprint density at radius 2 is 2.14 bits per heavy atom. The molecule has 1 amide bonds. The Labute approximate surface area is 79.0 Å². The number of nitriles is 1. The van der Waals surface area contributed by atoms with Crippen LogP contribution in [-0.2, 0) is 4.79 Å². The van der Waals surface area contributed by atoms with Crippen molar-refractivity contribution in [2.24, 2.45) is 0 Å². The lowest BCUT2D eigenvalue weighted by Gasteiger charge is -2.02. The second-order valence-electron chi connectivity index (χ2n) is 2.51. The van der Waals surface area contributed by atoms with Gasteiger partial charge in [-0.1, -0.05) is 0 Å². The molecule has 14 heavy (non-hydrogen) atoms. The number of anilines is 1. The van der Waals surface area contributed by atoms with Gasteiger partial charge >= 0.3 is 0 Å². The third kappa shape index (κ3) is 2.52. The van der Waals surface area contributed by atoms with Crippen LogP contribution < -0.4 is 5.32 Å². The Bertz CT molecular complexity index is 398. The molecule has 1 aromatic rings. The van der Waals surface area contributed by atoms with Crippen molar-refractivity contribution in [1.82, 2.24) is 0 Å². The molecule has 1 aromatic carbocycles. The second kappa shape index (κ2) is 4.33. The van der Waals surface area contributed by atoms with Crippen LogP contribution >= 0.6 is 0 Å². The summed E-state index contributed by atoms with van der Waals surface area (Å²) in [6.45, 7) is 0. The molecule has 0 unspecified atom stereocenters. The molecule has 0 bridgehead atoms. The molecule has 0 aliphatic rings. The average Bonchev–Trinajstić information content (AvgIpc) is 2.12. The molecule has 0 radical (unpaired) electrons. The van der Waals surface area contributed by atoms with E-state index in [4.69, 9.17) is 5.26 Å². The van der Waals surface area contributed by atoms with Crippen molar-refractivity contribution < 1.29 is 13.6 Å². The first-order valence-electron chi connectivity index (χ1n) is 3.75. The van der Waals surface area contributed by atoms with Gasteiger partial charge in [-0.2, -0.15) is 5.26 Å². The maximum Gasteiger partial charge on any atom is 0.238 e. The summed E-state index contributed by atoms with van der Waals surface area (Å²) >= 11 is 0. The van der Waals surface area contributed by atoms with Crippen LogP contribution in [0.4, 0.5) is 14.5 Å². The first kappa shape index (κ1) is 10.1. The Morgan fingerprint density at radius 1 is 1.43 bits per heavy atom. The zero-order valence-electron chi connectivity index (χ0n) is 7.05. The van der Waals surface area contributed by atoms with Crippen molar-refractivity contribution >= 4 is 11.6 Å². The molecule has 0 saturated carbocycles. The lowest BCUT2D eigenvalue weighted by Crippen LogP contribution is -2.10. The highest BCUT2D eigenvalue weighted by Gasteiger charge is 2.05. The van der Waals surface area contributed by atoms with Gasteiger partial charge in [-0.3, -0.25) is 4.79 Å². The van der Waals surface area contributed by atoms with E-state index in [0.717, 1.165) is 12.1 Å². The van der Waals surface area contributed by atoms with Crippen LogP contribution in [-0.4, -0.2) is 5.91 Å². The molecular weight excluding hydrogens is 190 g/mol. The van der Waals surface area contributed by atoms with Crippen molar-refractivity contribution in [1.29, 1.82) is 5.26 Å². The summed E-state index contributed by atoms with van der Waals surface area (Å²) < 4.78 is 25.1. The maximum atomic E-state index is 12.6. The minimum Gasteiger partial charge on any atom is -0.325 e. The fourth-order valence-electron chi connectivity index (χ4n) is 0.851. The molecule has 1 rings (SSSR count). The second-order valence-corrected chi connectivity index (χ2v) is 2.51. The number of rotatable bonds is 2. The maximum absolute atomic E-state index is 12.6. The Balaban J connectivity index is 2.74. The number of hydrogen-bond donors (Lipinski definition) is 1. The van der Waals surface area contributed by atoms with E-state index >= 15 is 0 Å². The zero-order chi connectivity index (χ0) is 10.6. The molecule has 3 nitrogen and oxygen atoms in total. The van der Waals surface area contributed by atoms with E-state index in [2.05, 4.69) is 5.32 Å². The van der Waals surface area contributed by atoms with Gasteiger partial charge < -0.3 is 5.32 Å². The van der Waals surface area contributed by atoms with E-state index in [-0.39, 0.29) is 12.1 Å². The van der Waals surface area contributed by atoms with E-state index in [9.17, 15) is 13.6 Å². The number of halogens is 2. The Kier molecular flexibility index (Phi) is 3.13. The van der Waals surface area contributed by atoms with Crippen molar-refractivity contribution in [3.8, 4) is 6.07 Å². The first-order valence-corrected chi connectivity index (χ1v) is 3.75. The molecule has 0 aliphatic carbocycles. The standard InChI is InChI=1S/C9H6F2N2O/c10-7-2-1-6(5-8(7)11)13-9(14)3-4-12/h1-2,5H,3H2,(H,13,14). The molecule has 5 heteroatoms. The lowest BCUT2D eigenvalue weighted by atomic mass is 10.3. The van der Waals surface area contributed by atoms with Gasteiger partial charge in [0.25, 0.3) is 0 Å². The molecule has 0 fully saturated rings. The highest BCUT2D eigenvalue weighted by molar-refractivity contribution is 5.91. The van der Waals surface area contributed by atoms with Crippen LogP contribution in [0.5, 0.6) is 0 Å². The third-order valence-electron chi connectivity index (χ3n) is 1.44. The van der Waals surface area contributed by atoms with Crippen molar-refractivity contribution in [3.05, 3.63) is 29.8 Å². The van der Waals surface area contributed by atoms with Gasteiger partial charge in [0.15, 0.2) is 11.6 Å². The largest absolute Gasteiger partial charge is 0.325 e. The van der Waals surface area contributed by atoms with E-state index in [1.165, 1.54) is 6.07 Å². The van der Waals surface area contributed by atoms with Gasteiger partial charge in [0, 0.05) is 11.8 Å². The van der Waals surface area contributed by atoms with E-state index in [1.807, 2.05) is 0 Å². The normalized spacial score (nSPS) is 9.21.